The van der Waals surface area contributed by atoms with Gasteiger partial charge in [-0.15, -0.1) is 11.3 Å². The lowest BCUT2D eigenvalue weighted by molar-refractivity contribution is 0.402. The molecule has 3 aromatic rings. The highest BCUT2D eigenvalue weighted by molar-refractivity contribution is 7.73. The van der Waals surface area contributed by atoms with Crippen LogP contribution in [0.1, 0.15) is 0 Å². The van der Waals surface area contributed by atoms with Gasteiger partial charge in [0.05, 0.1) is 15.9 Å². The summed E-state index contributed by atoms with van der Waals surface area (Å²) in [6.45, 7) is 0. The van der Waals surface area contributed by atoms with Crippen molar-refractivity contribution < 1.29 is 10.2 Å². The molecule has 0 saturated heterocycles. The zero-order valence-electron chi connectivity index (χ0n) is 8.54. The quantitative estimate of drug-likeness (QED) is 0.592. The highest BCUT2D eigenvalue weighted by Gasteiger charge is 2.09. The SMILES string of the molecule is Oc1ccc(O)n1-c1ccc2sc(=S)[nH]c2c1. The Kier molecular flexibility index (Phi) is 2.20. The van der Waals surface area contributed by atoms with Gasteiger partial charge in [-0.05, 0) is 30.4 Å². The standard InChI is InChI=1S/C11H8N2O2S2/c14-9-3-4-10(15)13(9)6-1-2-8-7(5-6)12-11(16)17-8/h1-5,14-15H,(H,12,16). The lowest BCUT2D eigenvalue weighted by Crippen LogP contribution is -1.91. The highest BCUT2D eigenvalue weighted by Crippen LogP contribution is 2.29. The molecule has 4 nitrogen and oxygen atoms in total. The van der Waals surface area contributed by atoms with Crippen LogP contribution in [-0.2, 0) is 0 Å². The van der Waals surface area contributed by atoms with Gasteiger partial charge in [-0.3, -0.25) is 4.57 Å². The summed E-state index contributed by atoms with van der Waals surface area (Å²) < 4.78 is 3.11. The highest BCUT2D eigenvalue weighted by atomic mass is 32.1. The summed E-state index contributed by atoms with van der Waals surface area (Å²) in [5, 5.41) is 19.3. The number of hydrogen-bond donors (Lipinski definition) is 3. The van der Waals surface area contributed by atoms with Crippen molar-refractivity contribution in [3.8, 4) is 17.4 Å². The molecule has 0 spiro atoms. The Labute approximate surface area is 105 Å². The smallest absolute Gasteiger partial charge is 0.198 e. The molecule has 0 radical (unpaired) electrons. The number of hydrogen-bond acceptors (Lipinski definition) is 4. The topological polar surface area (TPSA) is 61.2 Å². The van der Waals surface area contributed by atoms with E-state index >= 15 is 0 Å². The van der Waals surface area contributed by atoms with E-state index in [4.69, 9.17) is 12.2 Å². The molecule has 0 amide bonds. The van der Waals surface area contributed by atoms with Crippen molar-refractivity contribution in [2.75, 3.05) is 0 Å². The third-order valence-electron chi connectivity index (χ3n) is 2.50. The van der Waals surface area contributed by atoms with Gasteiger partial charge < -0.3 is 15.2 Å². The van der Waals surface area contributed by atoms with E-state index in [-0.39, 0.29) is 11.8 Å². The molecule has 0 fully saturated rings. The number of H-pyrrole nitrogens is 1. The molecule has 3 N–H and O–H groups in total. The van der Waals surface area contributed by atoms with Crippen molar-refractivity contribution in [3.05, 3.63) is 34.3 Å². The van der Waals surface area contributed by atoms with E-state index in [1.54, 1.807) is 0 Å². The van der Waals surface area contributed by atoms with Crippen LogP contribution < -0.4 is 0 Å². The molecular formula is C11H8N2O2S2. The van der Waals surface area contributed by atoms with Gasteiger partial charge in [0.25, 0.3) is 0 Å². The van der Waals surface area contributed by atoms with Gasteiger partial charge in [0.1, 0.15) is 0 Å². The van der Waals surface area contributed by atoms with E-state index in [0.29, 0.717) is 9.64 Å². The van der Waals surface area contributed by atoms with Crippen molar-refractivity contribution >= 4 is 33.8 Å². The van der Waals surface area contributed by atoms with E-state index < -0.39 is 0 Å². The Morgan fingerprint density at radius 1 is 1.12 bits per heavy atom. The molecule has 6 heteroatoms. The zero-order chi connectivity index (χ0) is 12.0. The average Bonchev–Trinajstić information content (AvgIpc) is 2.80. The normalized spacial score (nSPS) is 11.1. The van der Waals surface area contributed by atoms with Crippen molar-refractivity contribution in [2.24, 2.45) is 0 Å². The Bertz CT molecular complexity index is 735. The molecule has 3 rings (SSSR count). The second kappa shape index (κ2) is 3.61. The fourth-order valence-electron chi connectivity index (χ4n) is 1.76. The minimum atomic E-state index is -0.00400. The number of aromatic nitrogens is 2. The first-order valence-corrected chi connectivity index (χ1v) is 6.10. The summed E-state index contributed by atoms with van der Waals surface area (Å²) >= 11 is 6.56. The second-order valence-electron chi connectivity index (χ2n) is 3.58. The van der Waals surface area contributed by atoms with Crippen LogP contribution in [0.3, 0.4) is 0 Å². The molecule has 17 heavy (non-hydrogen) atoms. The third kappa shape index (κ3) is 1.62. The molecule has 0 bridgehead atoms. The van der Waals surface area contributed by atoms with Gasteiger partial charge in [0.15, 0.2) is 15.7 Å². The molecule has 0 aliphatic heterocycles. The van der Waals surface area contributed by atoms with Crippen LogP contribution in [-0.4, -0.2) is 19.8 Å². The molecular weight excluding hydrogens is 256 g/mol. The van der Waals surface area contributed by atoms with Gasteiger partial charge in [-0.2, -0.15) is 0 Å². The molecule has 2 heterocycles. The lowest BCUT2D eigenvalue weighted by atomic mass is 10.3. The van der Waals surface area contributed by atoms with Crippen molar-refractivity contribution in [3.63, 3.8) is 0 Å². The van der Waals surface area contributed by atoms with Gasteiger partial charge in [0.2, 0.25) is 0 Å². The second-order valence-corrected chi connectivity index (χ2v) is 5.30. The molecule has 0 aliphatic rings. The van der Waals surface area contributed by atoms with Gasteiger partial charge in [0, 0.05) is 12.1 Å². The molecule has 0 saturated carbocycles. The Morgan fingerprint density at radius 3 is 2.53 bits per heavy atom. The predicted octanol–water partition coefficient (Wildman–Crippen LogP) is 3.16. The van der Waals surface area contributed by atoms with Crippen molar-refractivity contribution in [1.29, 1.82) is 0 Å². The van der Waals surface area contributed by atoms with Crippen LogP contribution >= 0.6 is 23.6 Å². The Balaban J connectivity index is 2.27. The van der Waals surface area contributed by atoms with Gasteiger partial charge >= 0.3 is 0 Å². The Morgan fingerprint density at radius 2 is 1.82 bits per heavy atom. The largest absolute Gasteiger partial charge is 0.494 e. The van der Waals surface area contributed by atoms with Crippen LogP contribution in [0.2, 0.25) is 0 Å². The fraction of sp³-hybridized carbons (Fsp3) is 0. The van der Waals surface area contributed by atoms with E-state index in [1.165, 1.54) is 28.0 Å². The molecule has 0 atom stereocenters. The molecule has 86 valence electrons. The third-order valence-corrected chi connectivity index (χ3v) is 3.72. The maximum Gasteiger partial charge on any atom is 0.198 e. The number of thiazole rings is 1. The van der Waals surface area contributed by atoms with E-state index in [2.05, 4.69) is 4.98 Å². The van der Waals surface area contributed by atoms with Crippen molar-refractivity contribution in [2.45, 2.75) is 0 Å². The van der Waals surface area contributed by atoms with E-state index in [1.807, 2.05) is 18.2 Å². The summed E-state index contributed by atoms with van der Waals surface area (Å²) in [7, 11) is 0. The first kappa shape index (κ1) is 10.4. The number of aromatic hydroxyl groups is 2. The molecule has 0 aliphatic carbocycles. The first-order chi connectivity index (χ1) is 8.15. The first-order valence-electron chi connectivity index (χ1n) is 4.88. The number of nitrogens with zero attached hydrogens (tertiary/aromatic N) is 1. The average molecular weight is 264 g/mol. The van der Waals surface area contributed by atoms with E-state index in [0.717, 1.165) is 10.2 Å². The number of rotatable bonds is 1. The number of fused-ring (bicyclic) bond motifs is 1. The zero-order valence-corrected chi connectivity index (χ0v) is 10.2. The molecule has 2 aromatic heterocycles. The number of benzene rings is 1. The fourth-order valence-corrected chi connectivity index (χ4v) is 2.86. The summed E-state index contributed by atoms with van der Waals surface area (Å²) in [6.07, 6.45) is 0. The van der Waals surface area contributed by atoms with Crippen LogP contribution in [0.5, 0.6) is 11.8 Å². The monoisotopic (exact) mass is 264 g/mol. The van der Waals surface area contributed by atoms with Crippen LogP contribution in [0.4, 0.5) is 0 Å². The minimum absolute atomic E-state index is 0.00400. The van der Waals surface area contributed by atoms with Gasteiger partial charge in [-0.1, -0.05) is 0 Å². The summed E-state index contributed by atoms with van der Waals surface area (Å²) in [5.74, 6) is -0.00801. The minimum Gasteiger partial charge on any atom is -0.494 e. The number of nitrogens with one attached hydrogen (secondary N) is 1. The van der Waals surface area contributed by atoms with E-state index in [9.17, 15) is 10.2 Å². The maximum atomic E-state index is 9.64. The Hall–Kier alpha value is -1.79. The van der Waals surface area contributed by atoms with Crippen LogP contribution in [0.15, 0.2) is 30.3 Å². The maximum absolute atomic E-state index is 9.64. The molecule has 0 unspecified atom stereocenters. The summed E-state index contributed by atoms with van der Waals surface area (Å²) in [5.41, 5.74) is 1.58. The van der Waals surface area contributed by atoms with Crippen LogP contribution in [0, 0.1) is 3.95 Å². The van der Waals surface area contributed by atoms with Crippen molar-refractivity contribution in [1.82, 2.24) is 9.55 Å². The molecule has 1 aromatic carbocycles. The van der Waals surface area contributed by atoms with Gasteiger partial charge in [-0.25, -0.2) is 0 Å². The van der Waals surface area contributed by atoms with Crippen LogP contribution in [0.25, 0.3) is 15.9 Å². The summed E-state index contributed by atoms with van der Waals surface area (Å²) in [6, 6.07) is 8.44. The number of aromatic amines is 1. The predicted molar refractivity (Wildman–Crippen MR) is 69.7 cm³/mol. The summed E-state index contributed by atoms with van der Waals surface area (Å²) in [4.78, 5) is 3.06. The lowest BCUT2D eigenvalue weighted by Gasteiger charge is -2.06.